The van der Waals surface area contributed by atoms with Crippen LogP contribution in [0.4, 0.5) is 5.69 Å². The third-order valence-electron chi connectivity index (χ3n) is 1.79. The summed E-state index contributed by atoms with van der Waals surface area (Å²) in [6.07, 6.45) is -0.907. The lowest BCUT2D eigenvalue weighted by Crippen LogP contribution is -2.21. The molecule has 2 atom stereocenters. The summed E-state index contributed by atoms with van der Waals surface area (Å²) in [4.78, 5) is 3.75. The van der Waals surface area contributed by atoms with E-state index in [-0.39, 0.29) is 22.3 Å². The van der Waals surface area contributed by atoms with Gasteiger partial charge in [-0.3, -0.25) is 0 Å². The zero-order valence-electron chi connectivity index (χ0n) is 7.19. The van der Waals surface area contributed by atoms with Crippen molar-refractivity contribution in [2.75, 3.05) is 11.6 Å². The Balaban J connectivity index is 3.05. The summed E-state index contributed by atoms with van der Waals surface area (Å²) in [6.45, 7) is 0. The number of aliphatic hydroxyl groups is 2. The lowest BCUT2D eigenvalue weighted by molar-refractivity contribution is 0.0330. The zero-order valence-corrected chi connectivity index (χ0v) is 8.70. The van der Waals surface area contributed by atoms with Crippen molar-refractivity contribution in [1.82, 2.24) is 4.98 Å². The molecule has 14 heavy (non-hydrogen) atoms. The Labute approximate surface area is 91.3 Å². The number of hydrogen-bond donors (Lipinski definition) is 3. The van der Waals surface area contributed by atoms with Crippen molar-refractivity contribution in [3.63, 3.8) is 0 Å². The second kappa shape index (κ2) is 4.79. The van der Waals surface area contributed by atoms with E-state index in [2.05, 4.69) is 4.98 Å². The number of anilines is 1. The lowest BCUT2D eigenvalue weighted by Gasteiger charge is -2.17. The maximum atomic E-state index is 9.61. The first-order chi connectivity index (χ1) is 6.57. The minimum absolute atomic E-state index is 0.0710. The Kier molecular flexibility index (Phi) is 3.95. The van der Waals surface area contributed by atoms with Crippen molar-refractivity contribution >= 4 is 28.9 Å². The summed E-state index contributed by atoms with van der Waals surface area (Å²) in [7, 11) is 0. The molecule has 1 aromatic rings. The van der Waals surface area contributed by atoms with Gasteiger partial charge in [0, 0.05) is 17.4 Å². The molecule has 0 aliphatic rings. The van der Waals surface area contributed by atoms with Crippen LogP contribution in [0, 0.1) is 0 Å². The molecule has 1 rings (SSSR count). The number of halogens is 2. The first kappa shape index (κ1) is 11.5. The quantitative estimate of drug-likeness (QED) is 0.540. The smallest absolute Gasteiger partial charge is 0.136 e. The molecule has 1 aromatic heterocycles. The van der Waals surface area contributed by atoms with Gasteiger partial charge in [-0.1, -0.05) is 11.6 Å². The topological polar surface area (TPSA) is 79.4 Å². The highest BCUT2D eigenvalue weighted by atomic mass is 35.5. The summed E-state index contributed by atoms with van der Waals surface area (Å²) < 4.78 is 0. The molecule has 4 N–H and O–H groups in total. The van der Waals surface area contributed by atoms with E-state index in [0.29, 0.717) is 0 Å². The zero-order chi connectivity index (χ0) is 10.7. The molecule has 0 aromatic carbocycles. The van der Waals surface area contributed by atoms with E-state index >= 15 is 0 Å². The molecule has 0 aliphatic carbocycles. The van der Waals surface area contributed by atoms with E-state index in [1.54, 1.807) is 0 Å². The van der Waals surface area contributed by atoms with E-state index in [0.717, 1.165) is 0 Å². The van der Waals surface area contributed by atoms with Crippen LogP contribution >= 0.6 is 23.2 Å². The van der Waals surface area contributed by atoms with Crippen LogP contribution in [-0.4, -0.2) is 27.2 Å². The second-order valence-electron chi connectivity index (χ2n) is 2.77. The molecule has 1 heterocycles. The van der Waals surface area contributed by atoms with Crippen molar-refractivity contribution in [3.05, 3.63) is 23.0 Å². The maximum Gasteiger partial charge on any atom is 0.136 e. The van der Waals surface area contributed by atoms with E-state index in [9.17, 15) is 10.2 Å². The molecule has 0 amide bonds. The number of rotatable bonds is 3. The van der Waals surface area contributed by atoms with Crippen molar-refractivity contribution in [2.24, 2.45) is 0 Å². The molecular formula is C8H10Cl2N2O2. The molecule has 0 spiro atoms. The minimum Gasteiger partial charge on any atom is -0.398 e. The fourth-order valence-corrected chi connectivity index (χ4v) is 1.48. The van der Waals surface area contributed by atoms with Crippen LogP contribution < -0.4 is 5.73 Å². The minimum atomic E-state index is -1.21. The Bertz CT molecular complexity index is 302. The summed E-state index contributed by atoms with van der Waals surface area (Å²) in [6, 6.07) is 1.49. The van der Waals surface area contributed by atoms with Gasteiger partial charge in [-0.05, 0) is 6.07 Å². The van der Waals surface area contributed by atoms with Crippen LogP contribution in [-0.2, 0) is 0 Å². The predicted octanol–water partition coefficient (Wildman–Crippen LogP) is 0.950. The molecular weight excluding hydrogens is 227 g/mol. The first-order valence-electron chi connectivity index (χ1n) is 3.90. The summed E-state index contributed by atoms with van der Waals surface area (Å²) in [5.74, 6) is -0.105. The van der Waals surface area contributed by atoms with Gasteiger partial charge in [-0.15, -0.1) is 11.6 Å². The van der Waals surface area contributed by atoms with Crippen LogP contribution in [0.25, 0.3) is 0 Å². The van der Waals surface area contributed by atoms with Gasteiger partial charge in [0.25, 0.3) is 0 Å². The van der Waals surface area contributed by atoms with Crippen molar-refractivity contribution in [2.45, 2.75) is 12.2 Å². The third kappa shape index (κ3) is 2.27. The van der Waals surface area contributed by atoms with Crippen molar-refractivity contribution in [1.29, 1.82) is 0 Å². The molecule has 0 bridgehead atoms. The number of nitrogens with two attached hydrogens (primary N) is 1. The number of aliphatic hydroxyl groups excluding tert-OH is 2. The summed E-state index contributed by atoms with van der Waals surface area (Å²) in [5.41, 5.74) is 6.07. The van der Waals surface area contributed by atoms with Gasteiger partial charge < -0.3 is 15.9 Å². The largest absolute Gasteiger partial charge is 0.398 e. The summed E-state index contributed by atoms with van der Waals surface area (Å²) >= 11 is 11.1. The number of aromatic nitrogens is 1. The Morgan fingerprint density at radius 1 is 1.50 bits per heavy atom. The van der Waals surface area contributed by atoms with Gasteiger partial charge in [0.1, 0.15) is 11.3 Å². The summed E-state index contributed by atoms with van der Waals surface area (Å²) in [5, 5.41) is 19.0. The molecule has 78 valence electrons. The number of hydrogen-bond acceptors (Lipinski definition) is 4. The van der Waals surface area contributed by atoms with Crippen LogP contribution in [0.5, 0.6) is 0 Å². The highest BCUT2D eigenvalue weighted by molar-refractivity contribution is 6.30. The molecule has 0 radical (unpaired) electrons. The second-order valence-corrected chi connectivity index (χ2v) is 3.44. The number of nitrogen functional groups attached to an aromatic ring is 1. The first-order valence-corrected chi connectivity index (χ1v) is 4.81. The normalized spacial score (nSPS) is 15.1. The Hall–Kier alpha value is -0.550. The number of alkyl halides is 1. The van der Waals surface area contributed by atoms with Crippen LogP contribution in [0.2, 0.25) is 5.15 Å². The fraction of sp³-hybridized carbons (Fsp3) is 0.375. The van der Waals surface area contributed by atoms with E-state index in [1.807, 2.05) is 0 Å². The molecule has 0 aliphatic heterocycles. The molecule has 4 nitrogen and oxygen atoms in total. The number of pyridine rings is 1. The lowest BCUT2D eigenvalue weighted by atomic mass is 10.1. The monoisotopic (exact) mass is 236 g/mol. The van der Waals surface area contributed by atoms with Gasteiger partial charge >= 0.3 is 0 Å². The Morgan fingerprint density at radius 2 is 2.14 bits per heavy atom. The average molecular weight is 237 g/mol. The van der Waals surface area contributed by atoms with Crippen LogP contribution in [0.1, 0.15) is 11.7 Å². The van der Waals surface area contributed by atoms with Gasteiger partial charge in [-0.2, -0.15) is 0 Å². The SMILES string of the molecule is Nc1ccnc(Cl)c1C(O)C(O)CCl. The van der Waals surface area contributed by atoms with E-state index < -0.39 is 12.2 Å². The highest BCUT2D eigenvalue weighted by Gasteiger charge is 2.22. The van der Waals surface area contributed by atoms with E-state index in [4.69, 9.17) is 28.9 Å². The van der Waals surface area contributed by atoms with E-state index in [1.165, 1.54) is 12.3 Å². The molecule has 2 unspecified atom stereocenters. The standard InChI is InChI=1S/C8H10Cl2N2O2/c9-3-5(13)7(14)6-4(11)1-2-12-8(6)10/h1-2,5,7,13-14H,3H2,(H2,11,12). The average Bonchev–Trinajstić information content (AvgIpc) is 2.16. The van der Waals surface area contributed by atoms with Crippen molar-refractivity contribution in [3.8, 4) is 0 Å². The van der Waals surface area contributed by atoms with Gasteiger partial charge in [0.15, 0.2) is 0 Å². The molecule has 0 saturated carbocycles. The van der Waals surface area contributed by atoms with Crippen LogP contribution in [0.3, 0.4) is 0 Å². The van der Waals surface area contributed by atoms with Crippen molar-refractivity contribution < 1.29 is 10.2 Å². The fourth-order valence-electron chi connectivity index (χ4n) is 1.03. The number of nitrogens with zero attached hydrogens (tertiary/aromatic N) is 1. The highest BCUT2D eigenvalue weighted by Crippen LogP contribution is 2.28. The molecule has 0 saturated heterocycles. The maximum absolute atomic E-state index is 9.61. The third-order valence-corrected chi connectivity index (χ3v) is 2.41. The molecule has 6 heteroatoms. The van der Waals surface area contributed by atoms with Gasteiger partial charge in [0.2, 0.25) is 0 Å². The Morgan fingerprint density at radius 3 is 2.64 bits per heavy atom. The van der Waals surface area contributed by atoms with Gasteiger partial charge in [-0.25, -0.2) is 4.98 Å². The van der Waals surface area contributed by atoms with Gasteiger partial charge in [0.05, 0.1) is 12.0 Å². The molecule has 0 fully saturated rings. The predicted molar refractivity (Wildman–Crippen MR) is 55.3 cm³/mol. The van der Waals surface area contributed by atoms with Crippen LogP contribution in [0.15, 0.2) is 12.3 Å².